The Morgan fingerprint density at radius 2 is 2.05 bits per heavy atom. The second kappa shape index (κ2) is 8.90. The molecular formula is C13H25Cl2N5O. The van der Waals surface area contributed by atoms with E-state index in [0.29, 0.717) is 6.61 Å². The van der Waals surface area contributed by atoms with Crippen LogP contribution in [0.5, 0.6) is 0 Å². The molecule has 2 aliphatic heterocycles. The first-order chi connectivity index (χ1) is 9.34. The van der Waals surface area contributed by atoms with E-state index in [2.05, 4.69) is 20.5 Å². The number of fused-ring (bicyclic) bond motifs is 1. The van der Waals surface area contributed by atoms with Crippen molar-refractivity contribution in [3.63, 3.8) is 0 Å². The standard InChI is InChI=1S/C13H23N5O.2ClH/c1-17-12-4-5-14-11(13(12)15-16-17)10-19-9-8-18-6-2-3-7-18;;/h11,14H,2-10H2,1H3;2*1H. The summed E-state index contributed by atoms with van der Waals surface area (Å²) in [7, 11) is 1.96. The van der Waals surface area contributed by atoms with Crippen LogP contribution in [0, 0.1) is 0 Å². The quantitative estimate of drug-likeness (QED) is 0.811. The third-order valence-corrected chi connectivity index (χ3v) is 4.09. The molecule has 1 aromatic rings. The van der Waals surface area contributed by atoms with Gasteiger partial charge in [-0.2, -0.15) is 0 Å². The average Bonchev–Trinajstić information content (AvgIpc) is 3.06. The Balaban J connectivity index is 0.00000110. The SMILES string of the molecule is Cl.Cl.Cn1nnc2c1CCNC2COCCN1CCCC1. The molecule has 8 heteroatoms. The third kappa shape index (κ3) is 4.53. The maximum absolute atomic E-state index is 5.82. The maximum Gasteiger partial charge on any atom is 0.105 e. The minimum Gasteiger partial charge on any atom is -0.378 e. The van der Waals surface area contributed by atoms with Gasteiger partial charge in [0.05, 0.1) is 24.9 Å². The molecule has 1 unspecified atom stereocenters. The highest BCUT2D eigenvalue weighted by atomic mass is 35.5. The molecule has 1 aromatic heterocycles. The van der Waals surface area contributed by atoms with Crippen molar-refractivity contribution >= 4 is 24.8 Å². The number of halogens is 2. The molecule has 122 valence electrons. The summed E-state index contributed by atoms with van der Waals surface area (Å²) in [6.07, 6.45) is 3.68. The van der Waals surface area contributed by atoms with Crippen molar-refractivity contribution in [1.82, 2.24) is 25.2 Å². The molecule has 0 aliphatic carbocycles. The van der Waals surface area contributed by atoms with Crippen molar-refractivity contribution in [3.8, 4) is 0 Å². The van der Waals surface area contributed by atoms with E-state index in [9.17, 15) is 0 Å². The van der Waals surface area contributed by atoms with E-state index in [0.717, 1.165) is 31.8 Å². The fourth-order valence-electron chi connectivity index (χ4n) is 2.95. The van der Waals surface area contributed by atoms with Crippen molar-refractivity contribution in [3.05, 3.63) is 11.4 Å². The number of nitrogens with zero attached hydrogens (tertiary/aromatic N) is 4. The normalized spacial score (nSPS) is 21.5. The van der Waals surface area contributed by atoms with Gasteiger partial charge in [0.15, 0.2) is 0 Å². The van der Waals surface area contributed by atoms with Gasteiger partial charge in [0, 0.05) is 26.6 Å². The van der Waals surface area contributed by atoms with Gasteiger partial charge >= 0.3 is 0 Å². The van der Waals surface area contributed by atoms with E-state index < -0.39 is 0 Å². The minimum absolute atomic E-state index is 0. The van der Waals surface area contributed by atoms with E-state index >= 15 is 0 Å². The number of rotatable bonds is 5. The van der Waals surface area contributed by atoms with E-state index in [1.165, 1.54) is 31.6 Å². The van der Waals surface area contributed by atoms with E-state index in [1.807, 2.05) is 11.7 Å². The van der Waals surface area contributed by atoms with Crippen LogP contribution in [0.15, 0.2) is 0 Å². The van der Waals surface area contributed by atoms with Crippen LogP contribution in [0.3, 0.4) is 0 Å². The Morgan fingerprint density at radius 3 is 2.81 bits per heavy atom. The number of aryl methyl sites for hydroxylation is 1. The van der Waals surface area contributed by atoms with Crippen LogP contribution in [0.2, 0.25) is 0 Å². The molecular weight excluding hydrogens is 313 g/mol. The number of likely N-dealkylation sites (tertiary alicyclic amines) is 1. The Labute approximate surface area is 138 Å². The number of ether oxygens (including phenoxy) is 1. The molecule has 1 atom stereocenters. The molecule has 1 fully saturated rings. The molecule has 0 amide bonds. The number of hydrogen-bond donors (Lipinski definition) is 1. The second-order valence-corrected chi connectivity index (χ2v) is 5.43. The lowest BCUT2D eigenvalue weighted by Gasteiger charge is -2.23. The Hall–Kier alpha value is -0.400. The molecule has 0 aromatic carbocycles. The second-order valence-electron chi connectivity index (χ2n) is 5.43. The van der Waals surface area contributed by atoms with Gasteiger partial charge in [0.2, 0.25) is 0 Å². The van der Waals surface area contributed by atoms with Crippen LogP contribution in [-0.4, -0.2) is 59.3 Å². The number of nitrogens with one attached hydrogen (secondary N) is 1. The first-order valence-electron chi connectivity index (χ1n) is 7.26. The van der Waals surface area contributed by atoms with Crippen molar-refractivity contribution < 1.29 is 4.74 Å². The molecule has 3 heterocycles. The molecule has 1 N–H and O–H groups in total. The first-order valence-corrected chi connectivity index (χ1v) is 7.26. The van der Waals surface area contributed by atoms with Gasteiger partial charge in [-0.25, -0.2) is 0 Å². The van der Waals surface area contributed by atoms with Crippen LogP contribution >= 0.6 is 24.8 Å². The molecule has 6 nitrogen and oxygen atoms in total. The van der Waals surface area contributed by atoms with Gasteiger partial charge in [-0.15, -0.1) is 29.9 Å². The fraction of sp³-hybridized carbons (Fsp3) is 0.846. The highest BCUT2D eigenvalue weighted by Crippen LogP contribution is 2.19. The van der Waals surface area contributed by atoms with Crippen LogP contribution < -0.4 is 5.32 Å². The minimum atomic E-state index is 0. The molecule has 21 heavy (non-hydrogen) atoms. The van der Waals surface area contributed by atoms with Gasteiger partial charge in [-0.3, -0.25) is 4.68 Å². The van der Waals surface area contributed by atoms with Crippen molar-refractivity contribution in [2.45, 2.75) is 25.3 Å². The molecule has 3 rings (SSSR count). The Kier molecular flexibility index (Phi) is 7.90. The highest BCUT2D eigenvalue weighted by molar-refractivity contribution is 5.85. The lowest BCUT2D eigenvalue weighted by molar-refractivity contribution is 0.0902. The third-order valence-electron chi connectivity index (χ3n) is 4.09. The predicted molar refractivity (Wildman–Crippen MR) is 86.4 cm³/mol. The van der Waals surface area contributed by atoms with Crippen LogP contribution in [0.1, 0.15) is 30.3 Å². The van der Waals surface area contributed by atoms with E-state index in [4.69, 9.17) is 4.74 Å². The zero-order chi connectivity index (χ0) is 13.1. The van der Waals surface area contributed by atoms with Crippen LogP contribution in [0.25, 0.3) is 0 Å². The van der Waals surface area contributed by atoms with Crippen LogP contribution in [0.4, 0.5) is 0 Å². The van der Waals surface area contributed by atoms with Crippen molar-refractivity contribution in [2.75, 3.05) is 39.4 Å². The zero-order valence-electron chi connectivity index (χ0n) is 12.5. The largest absolute Gasteiger partial charge is 0.378 e. The predicted octanol–water partition coefficient (Wildman–Crippen LogP) is 0.958. The summed E-state index contributed by atoms with van der Waals surface area (Å²) in [5.41, 5.74) is 2.31. The highest BCUT2D eigenvalue weighted by Gasteiger charge is 2.24. The number of hydrogen-bond acceptors (Lipinski definition) is 5. The van der Waals surface area contributed by atoms with Gasteiger partial charge in [-0.1, -0.05) is 5.21 Å². The maximum atomic E-state index is 5.82. The average molecular weight is 338 g/mol. The molecule has 2 aliphatic rings. The molecule has 1 saturated heterocycles. The van der Waals surface area contributed by atoms with Crippen molar-refractivity contribution in [1.29, 1.82) is 0 Å². The van der Waals surface area contributed by atoms with Crippen molar-refractivity contribution in [2.24, 2.45) is 7.05 Å². The summed E-state index contributed by atoms with van der Waals surface area (Å²) in [5, 5.41) is 11.8. The van der Waals surface area contributed by atoms with E-state index in [-0.39, 0.29) is 30.9 Å². The van der Waals surface area contributed by atoms with Gasteiger partial charge in [0.1, 0.15) is 5.69 Å². The van der Waals surface area contributed by atoms with Gasteiger partial charge in [-0.05, 0) is 25.9 Å². The first kappa shape index (κ1) is 18.6. The lowest BCUT2D eigenvalue weighted by atomic mass is 10.1. The van der Waals surface area contributed by atoms with Gasteiger partial charge < -0.3 is 15.0 Å². The smallest absolute Gasteiger partial charge is 0.105 e. The number of aromatic nitrogens is 3. The van der Waals surface area contributed by atoms with Crippen LogP contribution in [-0.2, 0) is 18.2 Å². The molecule has 0 spiro atoms. The summed E-state index contributed by atoms with van der Waals surface area (Å²) in [4.78, 5) is 2.47. The molecule has 0 saturated carbocycles. The summed E-state index contributed by atoms with van der Waals surface area (Å²) in [6, 6.07) is 0.205. The topological polar surface area (TPSA) is 55.2 Å². The summed E-state index contributed by atoms with van der Waals surface area (Å²) in [6.45, 7) is 6.01. The molecule has 0 bridgehead atoms. The summed E-state index contributed by atoms with van der Waals surface area (Å²) >= 11 is 0. The zero-order valence-corrected chi connectivity index (χ0v) is 14.1. The fourth-order valence-corrected chi connectivity index (χ4v) is 2.95. The summed E-state index contributed by atoms with van der Waals surface area (Å²) < 4.78 is 7.70. The summed E-state index contributed by atoms with van der Waals surface area (Å²) in [5.74, 6) is 0. The molecule has 0 radical (unpaired) electrons. The van der Waals surface area contributed by atoms with Gasteiger partial charge in [0.25, 0.3) is 0 Å². The monoisotopic (exact) mass is 337 g/mol. The van der Waals surface area contributed by atoms with E-state index in [1.54, 1.807) is 0 Å². The lowest BCUT2D eigenvalue weighted by Crippen LogP contribution is -2.34. The Bertz CT molecular complexity index is 423. The Morgan fingerprint density at radius 1 is 1.29 bits per heavy atom.